The van der Waals surface area contributed by atoms with E-state index >= 15 is 0 Å². The molecule has 63 heavy (non-hydrogen) atoms. The molecule has 0 saturated heterocycles. The van der Waals surface area contributed by atoms with Gasteiger partial charge in [-0.2, -0.15) is 0 Å². The van der Waals surface area contributed by atoms with Gasteiger partial charge in [0, 0.05) is 49.9 Å². The molecule has 12 aromatic rings. The van der Waals surface area contributed by atoms with Gasteiger partial charge in [0.15, 0.2) is 0 Å². The normalized spacial score (nSPS) is 11.5. The van der Waals surface area contributed by atoms with E-state index in [0.29, 0.717) is 0 Å². The topological polar surface area (TPSA) is 21.3 Å². The number of nitrogens with zero attached hydrogens (tertiary/aromatic N) is 2. The number of furan rings is 1. The number of aromatic nitrogens is 1. The third kappa shape index (κ3) is 6.46. The Bertz CT molecular complexity index is 3510. The molecule has 0 unspecified atom stereocenters. The van der Waals surface area contributed by atoms with Gasteiger partial charge in [-0.3, -0.25) is 0 Å². The van der Waals surface area contributed by atoms with Crippen molar-refractivity contribution in [3.63, 3.8) is 0 Å². The highest BCUT2D eigenvalue weighted by Gasteiger charge is 2.21. The predicted molar refractivity (Wildman–Crippen MR) is 264 cm³/mol. The zero-order valence-corrected chi connectivity index (χ0v) is 34.4. The van der Waals surface area contributed by atoms with E-state index in [9.17, 15) is 0 Å². The second-order valence-corrected chi connectivity index (χ2v) is 16.1. The van der Waals surface area contributed by atoms with Crippen molar-refractivity contribution in [3.05, 3.63) is 243 Å². The van der Waals surface area contributed by atoms with E-state index in [2.05, 4.69) is 246 Å². The van der Waals surface area contributed by atoms with Crippen molar-refractivity contribution in [1.82, 2.24) is 4.57 Å². The quantitative estimate of drug-likeness (QED) is 0.153. The summed E-state index contributed by atoms with van der Waals surface area (Å²) in [5, 5.41) is 4.66. The fraction of sp³-hybridized carbons (Fsp3) is 0. The predicted octanol–water partition coefficient (Wildman–Crippen LogP) is 16.8. The first-order valence-electron chi connectivity index (χ1n) is 21.5. The fourth-order valence-corrected chi connectivity index (χ4v) is 9.32. The van der Waals surface area contributed by atoms with Crippen LogP contribution in [0.4, 0.5) is 17.1 Å². The lowest BCUT2D eigenvalue weighted by Gasteiger charge is -2.27. The summed E-state index contributed by atoms with van der Waals surface area (Å²) in [6.07, 6.45) is 0. The van der Waals surface area contributed by atoms with Gasteiger partial charge in [-0.25, -0.2) is 0 Å². The molecule has 0 aliphatic heterocycles. The van der Waals surface area contributed by atoms with Crippen LogP contribution in [-0.4, -0.2) is 4.57 Å². The molecule has 0 aliphatic carbocycles. The third-order valence-corrected chi connectivity index (χ3v) is 12.4. The number of rotatable bonds is 8. The molecule has 0 aliphatic rings. The summed E-state index contributed by atoms with van der Waals surface area (Å²) in [5.74, 6) is 0. The Morgan fingerprint density at radius 3 is 1.24 bits per heavy atom. The molecule has 0 radical (unpaired) electrons. The SMILES string of the molecule is c1ccc(-c2ccc(-c3ccc(N(c4ccc(-c5ccccc5)cc4)c4cc(-c5ccc(-n6c7ccccc7c7ccccc76)cc5)c5oc6ccccc6c5c4)cc3)cc2)cc1. The Balaban J connectivity index is 0.996. The van der Waals surface area contributed by atoms with Crippen molar-refractivity contribution in [2.75, 3.05) is 4.90 Å². The molecular weight excluding hydrogens is 765 g/mol. The second kappa shape index (κ2) is 15.3. The highest BCUT2D eigenvalue weighted by molar-refractivity contribution is 6.12. The van der Waals surface area contributed by atoms with E-state index in [-0.39, 0.29) is 0 Å². The van der Waals surface area contributed by atoms with Crippen molar-refractivity contribution in [1.29, 1.82) is 0 Å². The van der Waals surface area contributed by atoms with Gasteiger partial charge in [0.1, 0.15) is 11.2 Å². The van der Waals surface area contributed by atoms with Gasteiger partial charge in [-0.15, -0.1) is 0 Å². The lowest BCUT2D eigenvalue weighted by molar-refractivity contribution is 0.670. The van der Waals surface area contributed by atoms with Crippen LogP contribution >= 0.6 is 0 Å². The van der Waals surface area contributed by atoms with Gasteiger partial charge in [-0.05, 0) is 106 Å². The number of para-hydroxylation sites is 3. The molecule has 12 rings (SSSR count). The molecule has 0 spiro atoms. The molecule has 0 bridgehead atoms. The number of hydrogen-bond acceptors (Lipinski definition) is 2. The third-order valence-electron chi connectivity index (χ3n) is 12.4. The average molecular weight is 805 g/mol. The number of hydrogen-bond donors (Lipinski definition) is 0. The van der Waals surface area contributed by atoms with Crippen LogP contribution in [0.2, 0.25) is 0 Å². The minimum absolute atomic E-state index is 0.870. The van der Waals surface area contributed by atoms with E-state index in [0.717, 1.165) is 61.4 Å². The highest BCUT2D eigenvalue weighted by atomic mass is 16.3. The van der Waals surface area contributed by atoms with Crippen molar-refractivity contribution in [3.8, 4) is 50.2 Å². The first kappa shape index (κ1) is 36.5. The number of benzene rings is 10. The van der Waals surface area contributed by atoms with Crippen LogP contribution in [0, 0.1) is 0 Å². The molecule has 2 heterocycles. The molecule has 10 aromatic carbocycles. The molecule has 296 valence electrons. The summed E-state index contributed by atoms with van der Waals surface area (Å²) in [5.41, 5.74) is 17.7. The van der Waals surface area contributed by atoms with E-state index in [1.165, 1.54) is 49.6 Å². The summed E-state index contributed by atoms with van der Waals surface area (Å²) < 4.78 is 9.11. The number of anilines is 3. The first-order valence-corrected chi connectivity index (χ1v) is 21.5. The minimum Gasteiger partial charge on any atom is -0.455 e. The van der Waals surface area contributed by atoms with Gasteiger partial charge < -0.3 is 13.9 Å². The molecule has 0 amide bonds. The van der Waals surface area contributed by atoms with Crippen LogP contribution in [0.25, 0.3) is 93.9 Å². The number of fused-ring (bicyclic) bond motifs is 6. The maximum atomic E-state index is 6.74. The molecule has 2 aromatic heterocycles. The Morgan fingerprint density at radius 2 is 0.714 bits per heavy atom. The van der Waals surface area contributed by atoms with Gasteiger partial charge >= 0.3 is 0 Å². The van der Waals surface area contributed by atoms with Gasteiger partial charge in [0.05, 0.1) is 11.0 Å². The second-order valence-electron chi connectivity index (χ2n) is 16.1. The summed E-state index contributed by atoms with van der Waals surface area (Å²) in [6, 6.07) is 87.0. The van der Waals surface area contributed by atoms with Crippen molar-refractivity contribution in [2.24, 2.45) is 0 Å². The maximum absolute atomic E-state index is 6.74. The molecule has 0 saturated carbocycles. The van der Waals surface area contributed by atoms with Crippen LogP contribution in [0.1, 0.15) is 0 Å². The first-order chi connectivity index (χ1) is 31.2. The van der Waals surface area contributed by atoms with Crippen LogP contribution in [0.15, 0.2) is 247 Å². The van der Waals surface area contributed by atoms with Gasteiger partial charge in [0.25, 0.3) is 0 Å². The molecule has 3 heteroatoms. The van der Waals surface area contributed by atoms with Gasteiger partial charge in [0.2, 0.25) is 0 Å². The van der Waals surface area contributed by atoms with E-state index < -0.39 is 0 Å². The average Bonchev–Trinajstić information content (AvgIpc) is 3.91. The minimum atomic E-state index is 0.870. The van der Waals surface area contributed by atoms with Crippen molar-refractivity contribution >= 4 is 60.8 Å². The van der Waals surface area contributed by atoms with Crippen molar-refractivity contribution in [2.45, 2.75) is 0 Å². The molecular formula is C60H40N2O. The standard InChI is InChI=1S/C60H40N2O/c1-3-13-41(14-4-1)43-23-25-44(26-24-43)46-29-35-49(36-30-46)61(48-33-27-45(28-34-48)42-15-5-2-6-16-42)51-39-55(60-56(40-51)54-19-9-12-22-59(54)63-60)47-31-37-50(38-32-47)62-57-20-10-7-17-52(57)53-18-8-11-21-58(53)62/h1-40H. The van der Waals surface area contributed by atoms with E-state index in [1.54, 1.807) is 0 Å². The van der Waals surface area contributed by atoms with Crippen LogP contribution < -0.4 is 4.90 Å². The molecule has 0 fully saturated rings. The van der Waals surface area contributed by atoms with Crippen LogP contribution in [0.3, 0.4) is 0 Å². The maximum Gasteiger partial charge on any atom is 0.143 e. The lowest BCUT2D eigenvalue weighted by Crippen LogP contribution is -2.10. The zero-order chi connectivity index (χ0) is 41.7. The fourth-order valence-electron chi connectivity index (χ4n) is 9.32. The van der Waals surface area contributed by atoms with Crippen LogP contribution in [-0.2, 0) is 0 Å². The van der Waals surface area contributed by atoms with E-state index in [1.807, 2.05) is 6.07 Å². The van der Waals surface area contributed by atoms with Crippen molar-refractivity contribution < 1.29 is 4.42 Å². The largest absolute Gasteiger partial charge is 0.455 e. The summed E-state index contributed by atoms with van der Waals surface area (Å²) >= 11 is 0. The smallest absolute Gasteiger partial charge is 0.143 e. The summed E-state index contributed by atoms with van der Waals surface area (Å²) in [4.78, 5) is 2.37. The Labute approximate surface area is 366 Å². The summed E-state index contributed by atoms with van der Waals surface area (Å²) in [6.45, 7) is 0. The van der Waals surface area contributed by atoms with E-state index in [4.69, 9.17) is 4.42 Å². The monoisotopic (exact) mass is 804 g/mol. The highest BCUT2D eigenvalue weighted by Crippen LogP contribution is 2.44. The van der Waals surface area contributed by atoms with Crippen LogP contribution in [0.5, 0.6) is 0 Å². The Morgan fingerprint density at radius 1 is 0.302 bits per heavy atom. The Hall–Kier alpha value is -8.40. The summed E-state index contributed by atoms with van der Waals surface area (Å²) in [7, 11) is 0. The lowest BCUT2D eigenvalue weighted by atomic mass is 9.99. The zero-order valence-electron chi connectivity index (χ0n) is 34.4. The Kier molecular flexibility index (Phi) is 8.83. The van der Waals surface area contributed by atoms with Gasteiger partial charge in [-0.1, -0.05) is 176 Å². The molecule has 3 nitrogen and oxygen atoms in total. The molecule has 0 N–H and O–H groups in total. The molecule has 0 atom stereocenters.